The molecule has 0 aliphatic carbocycles. The Morgan fingerprint density at radius 1 is 0.923 bits per heavy atom. The first-order valence-electron chi connectivity index (χ1n) is 9.35. The second-order valence-corrected chi connectivity index (χ2v) is 6.80. The van der Waals surface area contributed by atoms with Crippen molar-refractivity contribution in [2.45, 2.75) is 54.1 Å². The summed E-state index contributed by atoms with van der Waals surface area (Å²) in [5.41, 5.74) is 5.68. The van der Waals surface area contributed by atoms with E-state index in [1.54, 1.807) is 0 Å². The number of ether oxygens (including phenoxy) is 1. The first-order chi connectivity index (χ1) is 12.4. The molecule has 3 heteroatoms. The molecule has 0 amide bonds. The predicted octanol–water partition coefficient (Wildman–Crippen LogP) is 6.36. The summed E-state index contributed by atoms with van der Waals surface area (Å²) in [5.74, 6) is 0.902. The zero-order valence-corrected chi connectivity index (χ0v) is 16.8. The Kier molecular flexibility index (Phi) is 7.02. The fraction of sp³-hybridized carbons (Fsp3) is 0.348. The molecule has 0 aliphatic heterocycles. The molecule has 0 saturated heterocycles. The first-order valence-corrected chi connectivity index (χ1v) is 9.35. The maximum atomic E-state index is 5.71. The van der Waals surface area contributed by atoms with Crippen LogP contribution in [0, 0.1) is 13.8 Å². The summed E-state index contributed by atoms with van der Waals surface area (Å²) in [4.78, 5) is 0. The van der Waals surface area contributed by atoms with E-state index >= 15 is 0 Å². The van der Waals surface area contributed by atoms with E-state index in [9.17, 15) is 0 Å². The Labute approximate surface area is 157 Å². The van der Waals surface area contributed by atoms with Crippen molar-refractivity contribution < 1.29 is 4.74 Å². The zero-order chi connectivity index (χ0) is 19.1. The topological polar surface area (TPSA) is 27.1 Å². The number of rotatable bonds is 4. The molecule has 3 nitrogen and oxygen atoms in total. The van der Waals surface area contributed by atoms with E-state index in [0.29, 0.717) is 0 Å². The Morgan fingerprint density at radius 3 is 2.08 bits per heavy atom. The lowest BCUT2D eigenvalue weighted by Crippen LogP contribution is -2.05. The fourth-order valence-electron chi connectivity index (χ4n) is 2.58. The van der Waals surface area contributed by atoms with Crippen molar-refractivity contribution >= 4 is 0 Å². The maximum absolute atomic E-state index is 5.71. The normalized spacial score (nSPS) is 10.4. The zero-order valence-electron chi connectivity index (χ0n) is 16.8. The number of aryl methyl sites for hydroxylation is 2. The largest absolute Gasteiger partial charge is 0.491 e. The summed E-state index contributed by atoms with van der Waals surface area (Å²) in [6, 6.07) is 16.7. The molecule has 0 saturated carbocycles. The van der Waals surface area contributed by atoms with Crippen molar-refractivity contribution in [1.29, 1.82) is 0 Å². The maximum Gasteiger partial charge on any atom is 0.119 e. The molecule has 3 aromatic rings. The molecule has 0 N–H and O–H groups in total. The molecule has 3 rings (SSSR count). The van der Waals surface area contributed by atoms with Crippen LogP contribution in [0.5, 0.6) is 5.75 Å². The summed E-state index contributed by atoms with van der Waals surface area (Å²) in [6.07, 6.45) is 3.44. The highest BCUT2D eigenvalue weighted by atomic mass is 16.5. The average Bonchev–Trinajstić information content (AvgIpc) is 3.02. The quantitative estimate of drug-likeness (QED) is 0.547. The van der Waals surface area contributed by atoms with Gasteiger partial charge in [-0.05, 0) is 68.7 Å². The lowest BCUT2D eigenvalue weighted by Gasteiger charge is -2.12. The van der Waals surface area contributed by atoms with E-state index in [4.69, 9.17) is 4.74 Å². The number of benzene rings is 2. The van der Waals surface area contributed by atoms with Crippen LogP contribution >= 0.6 is 0 Å². The number of hydrogen-bond donors (Lipinski definition) is 0. The Hall–Kier alpha value is -2.55. The summed E-state index contributed by atoms with van der Waals surface area (Å²) >= 11 is 0. The molecule has 0 spiro atoms. The predicted molar refractivity (Wildman–Crippen MR) is 110 cm³/mol. The summed E-state index contributed by atoms with van der Waals surface area (Å²) in [6.45, 7) is 12.4. The fourth-order valence-corrected chi connectivity index (χ4v) is 2.58. The van der Waals surface area contributed by atoms with Crippen molar-refractivity contribution in [2.24, 2.45) is 0 Å². The Balaban J connectivity index is 0.000000758. The van der Waals surface area contributed by atoms with Gasteiger partial charge in [0.25, 0.3) is 0 Å². The van der Waals surface area contributed by atoms with Crippen molar-refractivity contribution in [2.75, 3.05) is 0 Å². The SMILES string of the molecule is CCC.Cc1ccn(-c2cc(-c3ccc(OC(C)C)cc3)ccc2C)n1. The summed E-state index contributed by atoms with van der Waals surface area (Å²) in [7, 11) is 0. The van der Waals surface area contributed by atoms with Crippen LogP contribution in [0.2, 0.25) is 0 Å². The highest BCUT2D eigenvalue weighted by Crippen LogP contribution is 2.26. The summed E-state index contributed by atoms with van der Waals surface area (Å²) in [5, 5.41) is 4.52. The van der Waals surface area contributed by atoms with Gasteiger partial charge in [-0.1, -0.05) is 44.5 Å². The highest BCUT2D eigenvalue weighted by Gasteiger charge is 2.06. The monoisotopic (exact) mass is 350 g/mol. The van der Waals surface area contributed by atoms with Gasteiger partial charge in [0.1, 0.15) is 5.75 Å². The van der Waals surface area contributed by atoms with Crippen LogP contribution in [0.1, 0.15) is 45.4 Å². The molecule has 0 radical (unpaired) electrons. The molecular formula is C23H30N2O. The minimum atomic E-state index is 0.190. The van der Waals surface area contributed by atoms with Gasteiger partial charge in [0.2, 0.25) is 0 Å². The Bertz CT molecular complexity index is 816. The molecule has 1 heterocycles. The van der Waals surface area contributed by atoms with Gasteiger partial charge in [-0.2, -0.15) is 5.10 Å². The van der Waals surface area contributed by atoms with Gasteiger partial charge < -0.3 is 4.74 Å². The van der Waals surface area contributed by atoms with Crippen molar-refractivity contribution in [3.63, 3.8) is 0 Å². The molecule has 138 valence electrons. The third-order valence-electron chi connectivity index (χ3n) is 3.74. The minimum Gasteiger partial charge on any atom is -0.491 e. The van der Waals surface area contributed by atoms with E-state index in [0.717, 1.165) is 17.1 Å². The molecule has 0 unspecified atom stereocenters. The van der Waals surface area contributed by atoms with Crippen LogP contribution in [0.25, 0.3) is 16.8 Å². The number of aromatic nitrogens is 2. The van der Waals surface area contributed by atoms with Gasteiger partial charge in [0.05, 0.1) is 17.5 Å². The molecule has 26 heavy (non-hydrogen) atoms. The van der Waals surface area contributed by atoms with E-state index in [-0.39, 0.29) is 6.10 Å². The molecule has 2 aromatic carbocycles. The molecule has 0 fully saturated rings. The second kappa shape index (κ2) is 9.23. The van der Waals surface area contributed by atoms with Gasteiger partial charge in [0.15, 0.2) is 0 Å². The second-order valence-electron chi connectivity index (χ2n) is 6.80. The van der Waals surface area contributed by atoms with Crippen LogP contribution in [-0.4, -0.2) is 15.9 Å². The van der Waals surface area contributed by atoms with Crippen LogP contribution in [-0.2, 0) is 0 Å². The number of nitrogens with zero attached hydrogens (tertiary/aromatic N) is 2. The van der Waals surface area contributed by atoms with Gasteiger partial charge >= 0.3 is 0 Å². The molecule has 1 aromatic heterocycles. The van der Waals surface area contributed by atoms with Crippen LogP contribution < -0.4 is 4.74 Å². The molecular weight excluding hydrogens is 320 g/mol. The van der Waals surface area contributed by atoms with Crippen LogP contribution in [0.3, 0.4) is 0 Å². The van der Waals surface area contributed by atoms with E-state index in [2.05, 4.69) is 56.2 Å². The van der Waals surface area contributed by atoms with Crippen LogP contribution in [0.4, 0.5) is 0 Å². The standard InChI is InChI=1S/C20H22N2O.C3H8/c1-14(2)23-19-9-7-17(8-10-19)18-6-5-15(3)20(13-18)22-12-11-16(4)21-22;1-3-2/h5-14H,1-4H3;3H2,1-2H3. The lowest BCUT2D eigenvalue weighted by atomic mass is 10.0. The smallest absolute Gasteiger partial charge is 0.119 e. The van der Waals surface area contributed by atoms with Gasteiger partial charge in [-0.3, -0.25) is 0 Å². The number of hydrogen-bond acceptors (Lipinski definition) is 2. The summed E-state index contributed by atoms with van der Waals surface area (Å²) < 4.78 is 7.64. The van der Waals surface area contributed by atoms with Gasteiger partial charge in [-0.25, -0.2) is 4.68 Å². The van der Waals surface area contributed by atoms with E-state index in [1.807, 2.05) is 49.8 Å². The minimum absolute atomic E-state index is 0.190. The third-order valence-corrected chi connectivity index (χ3v) is 3.74. The first kappa shape index (κ1) is 19.8. The van der Waals surface area contributed by atoms with Crippen molar-refractivity contribution in [3.05, 3.63) is 66.0 Å². The highest BCUT2D eigenvalue weighted by molar-refractivity contribution is 5.67. The molecule has 0 aliphatic rings. The van der Waals surface area contributed by atoms with E-state index < -0.39 is 0 Å². The van der Waals surface area contributed by atoms with Gasteiger partial charge in [0, 0.05) is 6.20 Å². The van der Waals surface area contributed by atoms with Gasteiger partial charge in [-0.15, -0.1) is 0 Å². The van der Waals surface area contributed by atoms with Crippen molar-refractivity contribution in [3.8, 4) is 22.6 Å². The lowest BCUT2D eigenvalue weighted by molar-refractivity contribution is 0.242. The van der Waals surface area contributed by atoms with Crippen LogP contribution in [0.15, 0.2) is 54.7 Å². The third kappa shape index (κ3) is 5.22. The van der Waals surface area contributed by atoms with Crippen molar-refractivity contribution in [1.82, 2.24) is 9.78 Å². The molecule has 0 bridgehead atoms. The Morgan fingerprint density at radius 2 is 1.54 bits per heavy atom. The molecule has 0 atom stereocenters. The van der Waals surface area contributed by atoms with E-state index in [1.165, 1.54) is 23.1 Å². The average molecular weight is 351 g/mol.